The fraction of sp³-hybridized carbons (Fsp3) is 0.0870. The highest BCUT2D eigenvalue weighted by Gasteiger charge is 2.21. The Labute approximate surface area is 149 Å². The predicted octanol–water partition coefficient (Wildman–Crippen LogP) is 4.95. The minimum Gasteiger partial charge on any atom is -0.331 e. The zero-order valence-corrected chi connectivity index (χ0v) is 14.2. The molecule has 0 aliphatic carbocycles. The van der Waals surface area contributed by atoms with Gasteiger partial charge >= 0.3 is 0 Å². The minimum absolute atomic E-state index is 0.0263. The molecule has 2 heteroatoms. The van der Waals surface area contributed by atoms with Crippen molar-refractivity contribution in [1.82, 2.24) is 4.90 Å². The number of rotatable bonds is 5. The summed E-state index contributed by atoms with van der Waals surface area (Å²) in [6.07, 6.45) is 3.49. The molecule has 0 heterocycles. The van der Waals surface area contributed by atoms with E-state index >= 15 is 0 Å². The second-order valence-corrected chi connectivity index (χ2v) is 5.92. The lowest BCUT2D eigenvalue weighted by Crippen LogP contribution is -2.30. The molecule has 3 rings (SSSR count). The van der Waals surface area contributed by atoms with Gasteiger partial charge in [-0.1, -0.05) is 91.0 Å². The Morgan fingerprint density at radius 3 is 1.68 bits per heavy atom. The molecule has 3 aromatic rings. The lowest BCUT2D eigenvalue weighted by molar-refractivity contribution is -0.126. The van der Waals surface area contributed by atoms with E-state index in [0.717, 1.165) is 16.7 Å². The first kappa shape index (κ1) is 16.7. The van der Waals surface area contributed by atoms with Gasteiger partial charge in [0.1, 0.15) is 0 Å². The Hall–Kier alpha value is -3.13. The van der Waals surface area contributed by atoms with Crippen LogP contribution in [0.4, 0.5) is 0 Å². The molecule has 0 radical (unpaired) electrons. The van der Waals surface area contributed by atoms with E-state index in [9.17, 15) is 4.79 Å². The summed E-state index contributed by atoms with van der Waals surface area (Å²) in [6, 6.07) is 30.0. The fourth-order valence-electron chi connectivity index (χ4n) is 2.89. The first-order valence-electron chi connectivity index (χ1n) is 8.35. The summed E-state index contributed by atoms with van der Waals surface area (Å²) in [5, 5.41) is 0. The number of benzene rings is 3. The molecule has 0 bridgehead atoms. The Balaban J connectivity index is 1.88. The monoisotopic (exact) mass is 327 g/mol. The van der Waals surface area contributed by atoms with Gasteiger partial charge in [-0.2, -0.15) is 0 Å². The van der Waals surface area contributed by atoms with Crippen molar-refractivity contribution >= 4 is 12.0 Å². The normalized spacial score (nSPS) is 11.0. The highest BCUT2D eigenvalue weighted by atomic mass is 16.2. The van der Waals surface area contributed by atoms with Crippen molar-refractivity contribution in [1.29, 1.82) is 0 Å². The van der Waals surface area contributed by atoms with Crippen molar-refractivity contribution in [3.05, 3.63) is 114 Å². The van der Waals surface area contributed by atoms with Crippen LogP contribution in [0.15, 0.2) is 97.1 Å². The third-order valence-electron chi connectivity index (χ3n) is 4.18. The zero-order valence-electron chi connectivity index (χ0n) is 14.2. The summed E-state index contributed by atoms with van der Waals surface area (Å²) < 4.78 is 0. The van der Waals surface area contributed by atoms with Crippen LogP contribution in [-0.4, -0.2) is 17.9 Å². The first-order valence-corrected chi connectivity index (χ1v) is 8.35. The van der Waals surface area contributed by atoms with Gasteiger partial charge in [0.2, 0.25) is 5.91 Å². The van der Waals surface area contributed by atoms with Crippen LogP contribution in [0.5, 0.6) is 0 Å². The average Bonchev–Trinajstić information content (AvgIpc) is 2.69. The number of hydrogen-bond donors (Lipinski definition) is 0. The van der Waals surface area contributed by atoms with Crippen LogP contribution >= 0.6 is 0 Å². The molecule has 0 unspecified atom stereocenters. The van der Waals surface area contributed by atoms with Crippen LogP contribution in [0, 0.1) is 0 Å². The molecule has 0 atom stereocenters. The van der Waals surface area contributed by atoms with Crippen molar-refractivity contribution in [3.8, 4) is 0 Å². The molecule has 0 saturated heterocycles. The average molecular weight is 327 g/mol. The minimum atomic E-state index is -0.115. The van der Waals surface area contributed by atoms with Gasteiger partial charge in [-0.25, -0.2) is 0 Å². The van der Waals surface area contributed by atoms with Gasteiger partial charge in [-0.15, -0.1) is 0 Å². The molecule has 3 aromatic carbocycles. The molecular weight excluding hydrogens is 306 g/mol. The Morgan fingerprint density at radius 2 is 1.20 bits per heavy atom. The Bertz CT molecular complexity index is 786. The molecule has 0 N–H and O–H groups in total. The zero-order chi connectivity index (χ0) is 17.5. The number of amides is 1. The summed E-state index contributed by atoms with van der Waals surface area (Å²) >= 11 is 0. The Morgan fingerprint density at radius 1 is 0.760 bits per heavy atom. The standard InChI is InChI=1S/C23H21NO/c1-24(22(25)18-17-19-11-5-2-6-12-19)23(20-13-7-3-8-14-20)21-15-9-4-10-16-21/h2-18,23H,1H3/b18-17+. The second-order valence-electron chi connectivity index (χ2n) is 5.92. The van der Waals surface area contributed by atoms with Crippen LogP contribution in [-0.2, 0) is 4.79 Å². The van der Waals surface area contributed by atoms with E-state index in [1.807, 2.05) is 79.9 Å². The van der Waals surface area contributed by atoms with Gasteiger partial charge < -0.3 is 4.90 Å². The molecular formula is C23H21NO. The lowest BCUT2D eigenvalue weighted by atomic mass is 9.97. The summed E-state index contributed by atoms with van der Waals surface area (Å²) in [5.41, 5.74) is 3.20. The highest BCUT2D eigenvalue weighted by Crippen LogP contribution is 2.27. The number of carbonyl (C=O) groups is 1. The van der Waals surface area contributed by atoms with Crippen molar-refractivity contribution in [2.45, 2.75) is 6.04 Å². The van der Waals surface area contributed by atoms with E-state index in [-0.39, 0.29) is 11.9 Å². The van der Waals surface area contributed by atoms with Crippen LogP contribution < -0.4 is 0 Å². The maximum absolute atomic E-state index is 12.7. The number of carbonyl (C=O) groups excluding carboxylic acids is 1. The van der Waals surface area contributed by atoms with E-state index < -0.39 is 0 Å². The van der Waals surface area contributed by atoms with E-state index in [0.29, 0.717) is 0 Å². The SMILES string of the molecule is CN(C(=O)/C=C/c1ccccc1)C(c1ccccc1)c1ccccc1. The highest BCUT2D eigenvalue weighted by molar-refractivity contribution is 5.92. The van der Waals surface area contributed by atoms with Crippen molar-refractivity contribution in [2.24, 2.45) is 0 Å². The molecule has 0 saturated carbocycles. The molecule has 124 valence electrons. The third-order valence-corrected chi connectivity index (χ3v) is 4.18. The predicted molar refractivity (Wildman–Crippen MR) is 103 cm³/mol. The maximum atomic E-state index is 12.7. The smallest absolute Gasteiger partial charge is 0.247 e. The van der Waals surface area contributed by atoms with E-state index in [1.165, 1.54) is 0 Å². The van der Waals surface area contributed by atoms with Gasteiger partial charge in [-0.05, 0) is 22.8 Å². The molecule has 1 amide bonds. The largest absolute Gasteiger partial charge is 0.331 e. The van der Waals surface area contributed by atoms with E-state index in [1.54, 1.807) is 11.0 Å². The topological polar surface area (TPSA) is 20.3 Å². The van der Waals surface area contributed by atoms with Crippen molar-refractivity contribution in [3.63, 3.8) is 0 Å². The summed E-state index contributed by atoms with van der Waals surface area (Å²) in [4.78, 5) is 14.5. The molecule has 2 nitrogen and oxygen atoms in total. The van der Waals surface area contributed by atoms with Crippen molar-refractivity contribution in [2.75, 3.05) is 7.05 Å². The summed E-state index contributed by atoms with van der Waals surface area (Å²) in [7, 11) is 1.85. The quantitative estimate of drug-likeness (QED) is 0.607. The number of likely N-dealkylation sites (N-methyl/N-ethyl adjacent to an activating group) is 1. The summed E-state index contributed by atoms with van der Waals surface area (Å²) in [5.74, 6) is -0.0263. The Kier molecular flexibility index (Phi) is 5.43. The lowest BCUT2D eigenvalue weighted by Gasteiger charge is -2.28. The number of hydrogen-bond acceptors (Lipinski definition) is 1. The van der Waals surface area contributed by atoms with E-state index in [2.05, 4.69) is 24.3 Å². The fourth-order valence-corrected chi connectivity index (χ4v) is 2.89. The maximum Gasteiger partial charge on any atom is 0.247 e. The third kappa shape index (κ3) is 4.24. The van der Waals surface area contributed by atoms with Crippen LogP contribution in [0.25, 0.3) is 6.08 Å². The van der Waals surface area contributed by atoms with Crippen LogP contribution in [0.3, 0.4) is 0 Å². The van der Waals surface area contributed by atoms with Crippen molar-refractivity contribution < 1.29 is 4.79 Å². The molecule has 0 fully saturated rings. The van der Waals surface area contributed by atoms with E-state index in [4.69, 9.17) is 0 Å². The molecule has 25 heavy (non-hydrogen) atoms. The van der Waals surface area contributed by atoms with Crippen LogP contribution in [0.1, 0.15) is 22.7 Å². The molecule has 0 aliphatic rings. The van der Waals surface area contributed by atoms with Gasteiger partial charge in [0.05, 0.1) is 6.04 Å². The van der Waals surface area contributed by atoms with Crippen LogP contribution in [0.2, 0.25) is 0 Å². The first-order chi connectivity index (χ1) is 12.3. The van der Waals surface area contributed by atoms with Gasteiger partial charge in [-0.3, -0.25) is 4.79 Å². The molecule has 0 aromatic heterocycles. The molecule has 0 aliphatic heterocycles. The summed E-state index contributed by atoms with van der Waals surface area (Å²) in [6.45, 7) is 0. The number of nitrogens with zero attached hydrogens (tertiary/aromatic N) is 1. The molecule has 0 spiro atoms. The van der Waals surface area contributed by atoms with Gasteiger partial charge in [0.25, 0.3) is 0 Å². The second kappa shape index (κ2) is 8.11. The van der Waals surface area contributed by atoms with Gasteiger partial charge in [0.15, 0.2) is 0 Å². The van der Waals surface area contributed by atoms with Gasteiger partial charge in [0, 0.05) is 13.1 Å².